The first kappa shape index (κ1) is 11.2. The second kappa shape index (κ2) is 4.56. The lowest BCUT2D eigenvalue weighted by Gasteiger charge is -2.24. The number of hydrogen-bond donors (Lipinski definition) is 0. The molecule has 1 aliphatic rings. The topological polar surface area (TPSA) is 3.24 Å². The van der Waals surface area contributed by atoms with Crippen molar-refractivity contribution in [2.75, 3.05) is 13.1 Å². The summed E-state index contributed by atoms with van der Waals surface area (Å²) in [7, 11) is 0. The van der Waals surface area contributed by atoms with Crippen molar-refractivity contribution in [3.05, 3.63) is 36.5 Å². The lowest BCUT2D eigenvalue weighted by Crippen LogP contribution is -2.21. The molecular weight excluding hydrogens is 177 g/mol. The van der Waals surface area contributed by atoms with Gasteiger partial charge in [0.1, 0.15) is 0 Å². The second-order valence-corrected chi connectivity index (χ2v) is 4.01. The third-order valence-corrected chi connectivity index (χ3v) is 2.81. The molecule has 1 nitrogen and oxygen atoms in total. The molecule has 0 radical (unpaired) electrons. The number of hydrogen-bond acceptors (Lipinski definition) is 1. The van der Waals surface area contributed by atoms with Gasteiger partial charge in [-0.15, -0.1) is 9.60 Å². The Kier molecular flexibility index (Phi) is 3.64. The van der Waals surface area contributed by atoms with Gasteiger partial charge in [0.2, 0.25) is 0 Å². The van der Waals surface area contributed by atoms with Crippen LogP contribution in [-0.4, -0.2) is 18.2 Å². The van der Waals surface area contributed by atoms with Crippen molar-refractivity contribution in [1.29, 1.82) is 0 Å². The van der Waals surface area contributed by atoms with Gasteiger partial charge in [0.15, 0.2) is 0 Å². The van der Waals surface area contributed by atoms with Crippen LogP contribution in [0.2, 0.25) is 0 Å². The number of rotatable bonds is 3. The van der Waals surface area contributed by atoms with Gasteiger partial charge in [-0.3, -0.25) is 0 Å². The first-order valence-corrected chi connectivity index (χ1v) is 4.99. The molecule has 2 heteroatoms. The standard InChI is InChI=1S/C12H18FN/c1-4-6-7-11(5-2)12(3)8-9-14(13)10-12/h4-7H,2,8-10H2,1,3H3/b6-4-,11-7+. The van der Waals surface area contributed by atoms with Crippen LogP contribution >= 0.6 is 0 Å². The fraction of sp³-hybridized carbons (Fsp3) is 0.500. The van der Waals surface area contributed by atoms with Crippen LogP contribution in [0.4, 0.5) is 4.48 Å². The molecule has 0 bridgehead atoms. The summed E-state index contributed by atoms with van der Waals surface area (Å²) in [4.78, 5) is 0. The van der Waals surface area contributed by atoms with Crippen LogP contribution in [0.1, 0.15) is 20.3 Å². The minimum Gasteiger partial charge on any atom is -0.145 e. The van der Waals surface area contributed by atoms with Crippen LogP contribution in [0.3, 0.4) is 0 Å². The van der Waals surface area contributed by atoms with Crippen LogP contribution in [0.25, 0.3) is 0 Å². The Bertz CT molecular complexity index is 267. The molecule has 14 heavy (non-hydrogen) atoms. The SMILES string of the molecule is C=C/C(=C\C=C/C)C1(C)CCN(F)C1. The maximum absolute atomic E-state index is 13.0. The molecule has 0 aromatic carbocycles. The van der Waals surface area contributed by atoms with Gasteiger partial charge in [0.05, 0.1) is 0 Å². The first-order chi connectivity index (χ1) is 6.62. The Morgan fingerprint density at radius 1 is 1.57 bits per heavy atom. The molecule has 1 atom stereocenters. The molecular formula is C12H18FN. The van der Waals surface area contributed by atoms with Crippen molar-refractivity contribution in [3.63, 3.8) is 0 Å². The van der Waals surface area contributed by atoms with Crippen molar-refractivity contribution in [2.45, 2.75) is 20.3 Å². The number of nitrogens with zero attached hydrogens (tertiary/aromatic N) is 1. The van der Waals surface area contributed by atoms with E-state index in [0.29, 0.717) is 13.1 Å². The van der Waals surface area contributed by atoms with Crippen molar-refractivity contribution in [3.8, 4) is 0 Å². The molecule has 0 saturated carbocycles. The number of halogens is 1. The first-order valence-electron chi connectivity index (χ1n) is 4.99. The minimum atomic E-state index is -0.0734. The van der Waals surface area contributed by atoms with Gasteiger partial charge >= 0.3 is 0 Å². The fourth-order valence-corrected chi connectivity index (χ4v) is 1.86. The van der Waals surface area contributed by atoms with Crippen molar-refractivity contribution in [1.82, 2.24) is 5.12 Å². The van der Waals surface area contributed by atoms with Gasteiger partial charge in [0.25, 0.3) is 0 Å². The van der Waals surface area contributed by atoms with Crippen LogP contribution in [0, 0.1) is 5.41 Å². The molecule has 1 saturated heterocycles. The molecule has 1 rings (SSSR count). The number of allylic oxidation sites excluding steroid dienone is 4. The van der Waals surface area contributed by atoms with Crippen molar-refractivity contribution in [2.24, 2.45) is 5.41 Å². The highest BCUT2D eigenvalue weighted by Gasteiger charge is 2.35. The van der Waals surface area contributed by atoms with Crippen LogP contribution in [0.15, 0.2) is 36.5 Å². The maximum Gasteiger partial charge on any atom is 0.0385 e. The van der Waals surface area contributed by atoms with E-state index in [9.17, 15) is 4.48 Å². The highest BCUT2D eigenvalue weighted by atomic mass is 19.2. The molecule has 0 aromatic rings. The molecule has 78 valence electrons. The van der Waals surface area contributed by atoms with E-state index in [4.69, 9.17) is 0 Å². The third kappa shape index (κ3) is 2.32. The van der Waals surface area contributed by atoms with Gasteiger partial charge in [0, 0.05) is 18.5 Å². The van der Waals surface area contributed by atoms with E-state index in [1.165, 1.54) is 0 Å². The third-order valence-electron chi connectivity index (χ3n) is 2.81. The van der Waals surface area contributed by atoms with Crippen LogP contribution < -0.4 is 0 Å². The molecule has 0 aliphatic carbocycles. The predicted octanol–water partition coefficient (Wildman–Crippen LogP) is 3.27. The zero-order chi connectivity index (χ0) is 10.6. The van der Waals surface area contributed by atoms with E-state index >= 15 is 0 Å². The normalized spacial score (nSPS) is 30.1. The van der Waals surface area contributed by atoms with Crippen molar-refractivity contribution < 1.29 is 4.48 Å². The highest BCUT2D eigenvalue weighted by molar-refractivity contribution is 5.30. The average Bonchev–Trinajstić information content (AvgIpc) is 2.48. The summed E-state index contributed by atoms with van der Waals surface area (Å²) in [5.41, 5.74) is 1.05. The predicted molar refractivity (Wildman–Crippen MR) is 58.5 cm³/mol. The minimum absolute atomic E-state index is 0.0734. The summed E-state index contributed by atoms with van der Waals surface area (Å²) >= 11 is 0. The van der Waals surface area contributed by atoms with E-state index in [2.05, 4.69) is 13.5 Å². The molecule has 1 unspecified atom stereocenters. The van der Waals surface area contributed by atoms with Gasteiger partial charge in [-0.1, -0.05) is 37.8 Å². The summed E-state index contributed by atoms with van der Waals surface area (Å²) < 4.78 is 13.0. The van der Waals surface area contributed by atoms with E-state index in [1.54, 1.807) is 0 Å². The second-order valence-electron chi connectivity index (χ2n) is 4.01. The van der Waals surface area contributed by atoms with E-state index < -0.39 is 0 Å². The zero-order valence-electron chi connectivity index (χ0n) is 8.96. The van der Waals surface area contributed by atoms with E-state index in [1.807, 2.05) is 31.2 Å². The Balaban J connectivity index is 2.83. The monoisotopic (exact) mass is 195 g/mol. The quantitative estimate of drug-likeness (QED) is 0.493. The van der Waals surface area contributed by atoms with Gasteiger partial charge in [-0.25, -0.2) is 0 Å². The summed E-state index contributed by atoms with van der Waals surface area (Å²) in [6, 6.07) is 0. The van der Waals surface area contributed by atoms with Gasteiger partial charge in [-0.05, 0) is 18.9 Å². The highest BCUT2D eigenvalue weighted by Crippen LogP contribution is 2.37. The van der Waals surface area contributed by atoms with Gasteiger partial charge in [-0.2, -0.15) is 0 Å². The van der Waals surface area contributed by atoms with Crippen LogP contribution in [0.5, 0.6) is 0 Å². The summed E-state index contributed by atoms with van der Waals surface area (Å²) in [6.45, 7) is 8.84. The molecule has 0 aromatic heterocycles. The lowest BCUT2D eigenvalue weighted by molar-refractivity contribution is 0.0472. The summed E-state index contributed by atoms with van der Waals surface area (Å²) in [5, 5.41) is 0.882. The lowest BCUT2D eigenvalue weighted by atomic mass is 9.81. The molecule has 1 fully saturated rings. The van der Waals surface area contributed by atoms with Gasteiger partial charge < -0.3 is 0 Å². The molecule has 0 spiro atoms. The largest absolute Gasteiger partial charge is 0.145 e. The zero-order valence-corrected chi connectivity index (χ0v) is 8.96. The molecule has 0 N–H and O–H groups in total. The Morgan fingerprint density at radius 2 is 2.29 bits per heavy atom. The van der Waals surface area contributed by atoms with Crippen molar-refractivity contribution >= 4 is 0 Å². The van der Waals surface area contributed by atoms with E-state index in [-0.39, 0.29) is 5.41 Å². The molecule has 0 amide bonds. The maximum atomic E-state index is 13.0. The molecule has 1 heterocycles. The Labute approximate surface area is 85.5 Å². The summed E-state index contributed by atoms with van der Waals surface area (Å²) in [6.07, 6.45) is 8.66. The Hall–Kier alpha value is -0.890. The van der Waals surface area contributed by atoms with Crippen LogP contribution in [-0.2, 0) is 0 Å². The fourth-order valence-electron chi connectivity index (χ4n) is 1.86. The Morgan fingerprint density at radius 3 is 2.71 bits per heavy atom. The molecule has 1 aliphatic heterocycles. The smallest absolute Gasteiger partial charge is 0.0385 e. The van der Waals surface area contributed by atoms with E-state index in [0.717, 1.165) is 17.1 Å². The summed E-state index contributed by atoms with van der Waals surface area (Å²) in [5.74, 6) is 0. The average molecular weight is 195 g/mol.